The molecule has 0 aliphatic heterocycles. The lowest BCUT2D eigenvalue weighted by molar-refractivity contribution is 0.0560. The summed E-state index contributed by atoms with van der Waals surface area (Å²) in [7, 11) is 0. The predicted molar refractivity (Wildman–Crippen MR) is 56.9 cm³/mol. The second-order valence-electron chi connectivity index (χ2n) is 3.50. The summed E-state index contributed by atoms with van der Waals surface area (Å²) >= 11 is 1.51. The lowest BCUT2D eigenvalue weighted by Gasteiger charge is -2.08. The summed E-state index contributed by atoms with van der Waals surface area (Å²) in [6, 6.07) is 3.71. The van der Waals surface area contributed by atoms with Crippen LogP contribution < -0.4 is 0 Å². The van der Waals surface area contributed by atoms with Gasteiger partial charge in [-0.25, -0.2) is 4.79 Å². The Labute approximate surface area is 92.3 Å². The minimum absolute atomic E-state index is 0.165. The molecule has 0 radical (unpaired) electrons. The minimum atomic E-state index is -0.365. The first kappa shape index (κ1) is 10.2. The zero-order valence-corrected chi connectivity index (χ0v) is 9.10. The van der Waals surface area contributed by atoms with Crippen LogP contribution in [0.4, 0.5) is 0 Å². The largest absolute Gasteiger partial charge is 0.446 e. The molecule has 3 nitrogen and oxygen atoms in total. The highest BCUT2D eigenvalue weighted by atomic mass is 32.1. The number of fused-ring (bicyclic) bond motifs is 1. The zero-order valence-electron chi connectivity index (χ0n) is 8.28. The van der Waals surface area contributed by atoms with Gasteiger partial charge in [0.1, 0.15) is 10.9 Å². The van der Waals surface area contributed by atoms with Gasteiger partial charge >= 0.3 is 5.97 Å². The number of carbonyl (C=O) groups excluding carboxylic acids is 1. The van der Waals surface area contributed by atoms with E-state index in [0.717, 1.165) is 12.8 Å². The molecule has 2 rings (SSSR count). The molecule has 1 aromatic heterocycles. The van der Waals surface area contributed by atoms with Gasteiger partial charge in [0, 0.05) is 4.88 Å². The maximum absolute atomic E-state index is 11.5. The highest BCUT2D eigenvalue weighted by Gasteiger charge is 2.17. The number of nitriles is 1. The predicted octanol–water partition coefficient (Wildman–Crippen LogP) is 2.31. The topological polar surface area (TPSA) is 50.1 Å². The van der Waals surface area contributed by atoms with Crippen molar-refractivity contribution in [2.75, 3.05) is 6.61 Å². The van der Waals surface area contributed by atoms with Crippen LogP contribution in [0.5, 0.6) is 0 Å². The van der Waals surface area contributed by atoms with Crippen LogP contribution in [0.2, 0.25) is 0 Å². The van der Waals surface area contributed by atoms with E-state index in [4.69, 9.17) is 10.00 Å². The van der Waals surface area contributed by atoms with E-state index in [-0.39, 0.29) is 12.6 Å². The Balaban J connectivity index is 2.12. The Hall–Kier alpha value is -1.34. The summed E-state index contributed by atoms with van der Waals surface area (Å²) in [6.07, 6.45) is 4.56. The number of nitrogens with zero attached hydrogens (tertiary/aromatic N) is 1. The van der Waals surface area contributed by atoms with E-state index < -0.39 is 0 Å². The number of esters is 1. The smallest absolute Gasteiger partial charge is 0.349 e. The van der Waals surface area contributed by atoms with Crippen LogP contribution in [0.3, 0.4) is 0 Å². The molecule has 15 heavy (non-hydrogen) atoms. The molecule has 1 heterocycles. The molecule has 4 heteroatoms. The van der Waals surface area contributed by atoms with E-state index in [1.165, 1.54) is 34.6 Å². The van der Waals surface area contributed by atoms with E-state index in [1.807, 2.05) is 6.07 Å². The summed E-state index contributed by atoms with van der Waals surface area (Å²) in [5.74, 6) is -0.365. The molecule has 0 bridgehead atoms. The van der Waals surface area contributed by atoms with Gasteiger partial charge in [-0.3, -0.25) is 0 Å². The Bertz CT molecular complexity index is 393. The van der Waals surface area contributed by atoms with Crippen molar-refractivity contribution in [3.8, 4) is 6.07 Å². The Morgan fingerprint density at radius 2 is 2.33 bits per heavy atom. The first-order valence-electron chi connectivity index (χ1n) is 4.97. The molecule has 0 saturated carbocycles. The first-order valence-corrected chi connectivity index (χ1v) is 5.78. The van der Waals surface area contributed by atoms with Crippen molar-refractivity contribution in [2.45, 2.75) is 25.7 Å². The Morgan fingerprint density at radius 1 is 1.53 bits per heavy atom. The van der Waals surface area contributed by atoms with Crippen molar-refractivity contribution in [3.63, 3.8) is 0 Å². The standard InChI is InChI=1S/C11H11NO2S/c12-5-6-14-11(13)10-7-8-3-1-2-4-9(8)15-10/h7H,1-4,6H2. The number of rotatable bonds is 2. The van der Waals surface area contributed by atoms with Gasteiger partial charge in [0.05, 0.1) is 0 Å². The van der Waals surface area contributed by atoms with Crippen LogP contribution in [0.25, 0.3) is 0 Å². The van der Waals surface area contributed by atoms with E-state index >= 15 is 0 Å². The van der Waals surface area contributed by atoms with Crippen molar-refractivity contribution in [2.24, 2.45) is 0 Å². The van der Waals surface area contributed by atoms with E-state index in [9.17, 15) is 4.79 Å². The molecule has 0 fully saturated rings. The molecule has 0 amide bonds. The summed E-state index contributed by atoms with van der Waals surface area (Å²) in [6.45, 7) is -0.165. The molecule has 0 atom stereocenters. The van der Waals surface area contributed by atoms with Crippen molar-refractivity contribution >= 4 is 17.3 Å². The minimum Gasteiger partial charge on any atom is -0.446 e. The van der Waals surface area contributed by atoms with Crippen LogP contribution in [0, 0.1) is 11.3 Å². The van der Waals surface area contributed by atoms with E-state index in [1.54, 1.807) is 6.07 Å². The van der Waals surface area contributed by atoms with Gasteiger partial charge in [-0.15, -0.1) is 11.3 Å². The second kappa shape index (κ2) is 4.45. The monoisotopic (exact) mass is 221 g/mol. The lowest BCUT2D eigenvalue weighted by Crippen LogP contribution is -2.02. The van der Waals surface area contributed by atoms with Crippen LogP contribution in [0.15, 0.2) is 6.07 Å². The van der Waals surface area contributed by atoms with Crippen LogP contribution in [0.1, 0.15) is 33.0 Å². The summed E-state index contributed by atoms with van der Waals surface area (Å²) in [5.41, 5.74) is 1.29. The first-order chi connectivity index (χ1) is 7.31. The van der Waals surface area contributed by atoms with Crippen LogP contribution >= 0.6 is 11.3 Å². The van der Waals surface area contributed by atoms with Crippen molar-refractivity contribution in [1.29, 1.82) is 5.26 Å². The van der Waals surface area contributed by atoms with Gasteiger partial charge in [-0.05, 0) is 37.3 Å². The molecule has 0 spiro atoms. The normalized spacial score (nSPS) is 14.1. The third-order valence-electron chi connectivity index (χ3n) is 2.47. The molecular formula is C11H11NO2S. The maximum Gasteiger partial charge on any atom is 0.349 e. The number of thiophene rings is 1. The SMILES string of the molecule is N#CCOC(=O)c1cc2c(s1)CCCC2. The number of hydrogen-bond acceptors (Lipinski definition) is 4. The number of hydrogen-bond donors (Lipinski definition) is 0. The van der Waals surface area contributed by atoms with Gasteiger partial charge in [0.2, 0.25) is 0 Å². The average molecular weight is 221 g/mol. The highest BCUT2D eigenvalue weighted by molar-refractivity contribution is 7.14. The molecular weight excluding hydrogens is 210 g/mol. The quantitative estimate of drug-likeness (QED) is 0.720. The van der Waals surface area contributed by atoms with Gasteiger partial charge in [-0.1, -0.05) is 0 Å². The summed E-state index contributed by atoms with van der Waals surface area (Å²) in [4.78, 5) is 13.4. The summed E-state index contributed by atoms with van der Waals surface area (Å²) in [5, 5.41) is 8.30. The van der Waals surface area contributed by atoms with E-state index in [2.05, 4.69) is 0 Å². The van der Waals surface area contributed by atoms with Gasteiger partial charge < -0.3 is 4.74 Å². The number of aryl methyl sites for hydroxylation is 2. The van der Waals surface area contributed by atoms with Crippen LogP contribution in [-0.2, 0) is 17.6 Å². The molecule has 78 valence electrons. The molecule has 1 aromatic rings. The number of ether oxygens (including phenoxy) is 1. The third kappa shape index (κ3) is 2.18. The van der Waals surface area contributed by atoms with Crippen molar-refractivity contribution in [3.05, 3.63) is 21.4 Å². The molecule has 0 N–H and O–H groups in total. The molecule has 0 saturated heterocycles. The lowest BCUT2D eigenvalue weighted by atomic mass is 9.99. The van der Waals surface area contributed by atoms with Crippen LogP contribution in [-0.4, -0.2) is 12.6 Å². The molecule has 1 aliphatic rings. The highest BCUT2D eigenvalue weighted by Crippen LogP contribution is 2.29. The fraction of sp³-hybridized carbons (Fsp3) is 0.455. The van der Waals surface area contributed by atoms with Crippen molar-refractivity contribution < 1.29 is 9.53 Å². The number of carbonyl (C=O) groups is 1. The average Bonchev–Trinajstić information content (AvgIpc) is 2.69. The Morgan fingerprint density at radius 3 is 3.07 bits per heavy atom. The van der Waals surface area contributed by atoms with Crippen molar-refractivity contribution in [1.82, 2.24) is 0 Å². The molecule has 1 aliphatic carbocycles. The molecule has 0 aromatic carbocycles. The maximum atomic E-state index is 11.5. The zero-order chi connectivity index (χ0) is 10.7. The fourth-order valence-electron chi connectivity index (χ4n) is 1.76. The fourth-order valence-corrected chi connectivity index (χ4v) is 2.91. The Kier molecular flexibility index (Phi) is 3.02. The van der Waals surface area contributed by atoms with Gasteiger partial charge in [0.15, 0.2) is 6.61 Å². The van der Waals surface area contributed by atoms with E-state index in [0.29, 0.717) is 4.88 Å². The third-order valence-corrected chi connectivity index (χ3v) is 3.68. The summed E-state index contributed by atoms with van der Waals surface area (Å²) < 4.78 is 4.77. The molecule has 0 unspecified atom stereocenters. The second-order valence-corrected chi connectivity index (χ2v) is 4.64. The van der Waals surface area contributed by atoms with Gasteiger partial charge in [0.25, 0.3) is 0 Å². The van der Waals surface area contributed by atoms with Gasteiger partial charge in [-0.2, -0.15) is 5.26 Å².